The molecule has 1 N–H and O–H groups in total. The van der Waals surface area contributed by atoms with E-state index in [4.69, 9.17) is 9.26 Å². The van der Waals surface area contributed by atoms with E-state index in [9.17, 15) is 0 Å². The lowest BCUT2D eigenvalue weighted by molar-refractivity contribution is 0.285. The van der Waals surface area contributed by atoms with E-state index < -0.39 is 0 Å². The van der Waals surface area contributed by atoms with E-state index >= 15 is 0 Å². The summed E-state index contributed by atoms with van der Waals surface area (Å²) >= 11 is 0. The molecule has 0 fully saturated rings. The molecule has 0 spiro atoms. The molecule has 0 saturated heterocycles. The Bertz CT molecular complexity index is 537. The summed E-state index contributed by atoms with van der Waals surface area (Å²) in [4.78, 5) is 4.10. The van der Waals surface area contributed by atoms with Crippen molar-refractivity contribution in [1.29, 1.82) is 0 Å². The molecule has 0 aliphatic heterocycles. The molecule has 5 nitrogen and oxygen atoms in total. The van der Waals surface area contributed by atoms with Gasteiger partial charge in [-0.15, -0.1) is 0 Å². The van der Waals surface area contributed by atoms with Crippen molar-refractivity contribution in [2.75, 3.05) is 6.54 Å². The van der Waals surface area contributed by atoms with Gasteiger partial charge in [0.1, 0.15) is 5.75 Å². The predicted octanol–water partition coefficient (Wildman–Crippen LogP) is 2.70. The molecule has 0 aliphatic carbocycles. The molecule has 108 valence electrons. The van der Waals surface area contributed by atoms with E-state index in [-0.39, 0.29) is 0 Å². The molecule has 1 aromatic carbocycles. The molecule has 0 aliphatic rings. The maximum Gasteiger partial charge on any atom is 0.223 e. The molecule has 1 aromatic heterocycles. The number of ether oxygens (including phenoxy) is 1. The van der Waals surface area contributed by atoms with Crippen LogP contribution >= 0.6 is 0 Å². The molecule has 5 heteroatoms. The highest BCUT2D eigenvalue weighted by atomic mass is 16.5. The summed E-state index contributed by atoms with van der Waals surface area (Å²) in [5, 5.41) is 7.21. The normalized spacial score (nSPS) is 11.0. The first kappa shape index (κ1) is 14.5. The van der Waals surface area contributed by atoms with E-state index in [2.05, 4.69) is 35.4 Å². The molecule has 2 aromatic rings. The fourth-order valence-electron chi connectivity index (χ4n) is 1.80. The summed E-state index contributed by atoms with van der Waals surface area (Å²) in [5.74, 6) is 2.58. The van der Waals surface area contributed by atoms with Crippen molar-refractivity contribution in [2.45, 2.75) is 33.9 Å². The highest BCUT2D eigenvalue weighted by Gasteiger charge is 2.04. The second-order valence-electron chi connectivity index (χ2n) is 5.19. The fraction of sp³-hybridized carbons (Fsp3) is 0.467. The molecule has 2 rings (SSSR count). The van der Waals surface area contributed by atoms with Gasteiger partial charge in [0.2, 0.25) is 11.7 Å². The maximum atomic E-state index is 5.66. The smallest absolute Gasteiger partial charge is 0.223 e. The van der Waals surface area contributed by atoms with Crippen LogP contribution in [0.25, 0.3) is 0 Å². The molecule has 0 radical (unpaired) electrons. The van der Waals surface area contributed by atoms with Crippen LogP contribution in [-0.4, -0.2) is 16.7 Å². The van der Waals surface area contributed by atoms with Gasteiger partial charge in [0.25, 0.3) is 0 Å². The van der Waals surface area contributed by atoms with Crippen LogP contribution in [-0.2, 0) is 13.2 Å². The lowest BCUT2D eigenvalue weighted by Crippen LogP contribution is -2.18. The minimum absolute atomic E-state index is 0.320. The number of aryl methyl sites for hydroxylation is 1. The van der Waals surface area contributed by atoms with Crippen LogP contribution in [0.1, 0.15) is 31.1 Å². The lowest BCUT2D eigenvalue weighted by Gasteiger charge is -2.09. The third kappa shape index (κ3) is 4.66. The number of aromatic nitrogens is 2. The van der Waals surface area contributed by atoms with Crippen LogP contribution in [0.2, 0.25) is 0 Å². The molecular weight excluding hydrogens is 254 g/mol. The summed E-state index contributed by atoms with van der Waals surface area (Å²) in [5.41, 5.74) is 1.20. The number of nitrogens with one attached hydrogen (secondary N) is 1. The zero-order valence-corrected chi connectivity index (χ0v) is 12.2. The van der Waals surface area contributed by atoms with E-state index in [1.807, 2.05) is 18.2 Å². The van der Waals surface area contributed by atoms with Gasteiger partial charge in [0, 0.05) is 13.5 Å². The summed E-state index contributed by atoms with van der Waals surface area (Å²) in [6, 6.07) is 8.03. The first-order valence-corrected chi connectivity index (χ1v) is 6.85. The van der Waals surface area contributed by atoms with Crippen molar-refractivity contribution in [3.05, 3.63) is 41.5 Å². The second-order valence-corrected chi connectivity index (χ2v) is 5.19. The van der Waals surface area contributed by atoms with Crippen LogP contribution in [0.4, 0.5) is 0 Å². The SMILES string of the molecule is Cc1nc(COc2cccc(CNCC(C)C)c2)no1. The molecule has 0 unspecified atom stereocenters. The lowest BCUT2D eigenvalue weighted by atomic mass is 10.2. The molecule has 0 bridgehead atoms. The first-order valence-electron chi connectivity index (χ1n) is 6.85. The molecule has 1 heterocycles. The number of rotatable bonds is 7. The van der Waals surface area contributed by atoms with E-state index in [1.165, 1.54) is 5.56 Å². The quantitative estimate of drug-likeness (QED) is 0.842. The number of nitrogens with zero attached hydrogens (tertiary/aromatic N) is 2. The number of hydrogen-bond acceptors (Lipinski definition) is 5. The van der Waals surface area contributed by atoms with Crippen molar-refractivity contribution in [1.82, 2.24) is 15.5 Å². The van der Waals surface area contributed by atoms with Gasteiger partial charge in [-0.2, -0.15) is 4.98 Å². The molecule has 20 heavy (non-hydrogen) atoms. The Labute approximate surface area is 119 Å². The van der Waals surface area contributed by atoms with Crippen LogP contribution in [0.3, 0.4) is 0 Å². The van der Waals surface area contributed by atoms with E-state index in [1.54, 1.807) is 6.92 Å². The van der Waals surface area contributed by atoms with Gasteiger partial charge in [0.15, 0.2) is 6.61 Å². The molecule has 0 atom stereocenters. The van der Waals surface area contributed by atoms with Crippen molar-refractivity contribution >= 4 is 0 Å². The van der Waals surface area contributed by atoms with Gasteiger partial charge in [0.05, 0.1) is 0 Å². The Morgan fingerprint density at radius 2 is 2.20 bits per heavy atom. The number of hydrogen-bond donors (Lipinski definition) is 1. The average Bonchev–Trinajstić information content (AvgIpc) is 2.82. The topological polar surface area (TPSA) is 60.2 Å². The minimum atomic E-state index is 0.320. The van der Waals surface area contributed by atoms with Gasteiger partial charge >= 0.3 is 0 Å². The highest BCUT2D eigenvalue weighted by Crippen LogP contribution is 2.14. The minimum Gasteiger partial charge on any atom is -0.485 e. The fourth-order valence-corrected chi connectivity index (χ4v) is 1.80. The van der Waals surface area contributed by atoms with Gasteiger partial charge in [-0.25, -0.2) is 0 Å². The highest BCUT2D eigenvalue weighted by molar-refractivity contribution is 5.28. The Morgan fingerprint density at radius 3 is 2.90 bits per heavy atom. The predicted molar refractivity (Wildman–Crippen MR) is 76.4 cm³/mol. The van der Waals surface area contributed by atoms with Crippen LogP contribution < -0.4 is 10.1 Å². The van der Waals surface area contributed by atoms with Crippen molar-refractivity contribution in [2.24, 2.45) is 5.92 Å². The van der Waals surface area contributed by atoms with Crippen molar-refractivity contribution < 1.29 is 9.26 Å². The van der Waals surface area contributed by atoms with Crippen molar-refractivity contribution in [3.8, 4) is 5.75 Å². The van der Waals surface area contributed by atoms with Crippen LogP contribution in [0.5, 0.6) is 5.75 Å². The molecule has 0 amide bonds. The van der Waals surface area contributed by atoms with Crippen LogP contribution in [0, 0.1) is 12.8 Å². The van der Waals surface area contributed by atoms with Crippen LogP contribution in [0.15, 0.2) is 28.8 Å². The maximum absolute atomic E-state index is 5.66. The Balaban J connectivity index is 1.85. The van der Waals surface area contributed by atoms with Gasteiger partial charge in [-0.05, 0) is 30.2 Å². The average molecular weight is 275 g/mol. The van der Waals surface area contributed by atoms with Gasteiger partial charge in [-0.1, -0.05) is 31.1 Å². The number of benzene rings is 1. The second kappa shape index (κ2) is 7.05. The zero-order chi connectivity index (χ0) is 14.4. The van der Waals surface area contributed by atoms with E-state index in [0.717, 1.165) is 18.8 Å². The largest absolute Gasteiger partial charge is 0.485 e. The van der Waals surface area contributed by atoms with E-state index in [0.29, 0.717) is 24.2 Å². The van der Waals surface area contributed by atoms with Gasteiger partial charge < -0.3 is 14.6 Å². The molecular formula is C15H21N3O2. The summed E-state index contributed by atoms with van der Waals surface area (Å²) in [7, 11) is 0. The zero-order valence-electron chi connectivity index (χ0n) is 12.2. The third-order valence-corrected chi connectivity index (χ3v) is 2.72. The Hall–Kier alpha value is -1.88. The standard InChI is InChI=1S/C15H21N3O2/c1-11(2)8-16-9-13-5-4-6-14(7-13)19-10-15-17-12(3)20-18-15/h4-7,11,16H,8-10H2,1-3H3. The summed E-state index contributed by atoms with van der Waals surface area (Å²) < 4.78 is 10.6. The summed E-state index contributed by atoms with van der Waals surface area (Å²) in [6.45, 7) is 8.32. The third-order valence-electron chi connectivity index (χ3n) is 2.72. The monoisotopic (exact) mass is 275 g/mol. The Kier molecular flexibility index (Phi) is 5.12. The first-order chi connectivity index (χ1) is 9.63. The molecule has 0 saturated carbocycles. The Morgan fingerprint density at radius 1 is 1.35 bits per heavy atom. The van der Waals surface area contributed by atoms with Gasteiger partial charge in [-0.3, -0.25) is 0 Å². The van der Waals surface area contributed by atoms with Crippen molar-refractivity contribution in [3.63, 3.8) is 0 Å². The summed E-state index contributed by atoms with van der Waals surface area (Å²) in [6.07, 6.45) is 0.